The normalized spacial score (nSPS) is 17.0. The molecule has 1 unspecified atom stereocenters. The summed E-state index contributed by atoms with van der Waals surface area (Å²) in [6, 6.07) is 8.90. The summed E-state index contributed by atoms with van der Waals surface area (Å²) in [5.74, 6) is 1.32. The number of carbonyl (C=O) groups excluding carboxylic acids is 1. The maximum atomic E-state index is 12.9. The summed E-state index contributed by atoms with van der Waals surface area (Å²) in [4.78, 5) is 14.5. The van der Waals surface area contributed by atoms with Gasteiger partial charge in [0.25, 0.3) is 0 Å². The number of hydrogen-bond acceptors (Lipinski definition) is 6. The molecule has 0 aliphatic carbocycles. The fourth-order valence-electron chi connectivity index (χ4n) is 3.44. The van der Waals surface area contributed by atoms with Gasteiger partial charge in [0.2, 0.25) is 15.9 Å². The second-order valence-electron chi connectivity index (χ2n) is 7.75. The first-order valence-electron chi connectivity index (χ1n) is 10.3. The summed E-state index contributed by atoms with van der Waals surface area (Å²) >= 11 is 0. The van der Waals surface area contributed by atoms with E-state index in [2.05, 4.69) is 29.2 Å². The number of aryl methyl sites for hydroxylation is 1. The second-order valence-corrected chi connectivity index (χ2v) is 9.68. The molecular weight excluding hydrogens is 404 g/mol. The predicted molar refractivity (Wildman–Crippen MR) is 115 cm³/mol. The molecule has 3 rings (SSSR count). The Hall–Kier alpha value is -2.23. The molecule has 1 fully saturated rings. The van der Waals surface area contributed by atoms with Crippen LogP contribution < -0.4 is 5.32 Å². The van der Waals surface area contributed by atoms with Crippen LogP contribution >= 0.6 is 0 Å². The van der Waals surface area contributed by atoms with Gasteiger partial charge in [-0.3, -0.25) is 4.79 Å². The van der Waals surface area contributed by atoms with Crippen LogP contribution in [0.15, 0.2) is 39.8 Å². The molecule has 1 aromatic heterocycles. The topological polar surface area (TPSA) is 95.8 Å². The number of anilines is 1. The Morgan fingerprint density at radius 1 is 1.20 bits per heavy atom. The molecule has 9 heteroatoms. The number of sulfonamides is 1. The van der Waals surface area contributed by atoms with Crippen LogP contribution in [0.3, 0.4) is 0 Å². The molecule has 1 amide bonds. The second kappa shape index (κ2) is 9.72. The summed E-state index contributed by atoms with van der Waals surface area (Å²) < 4.78 is 32.3. The maximum absolute atomic E-state index is 12.9. The summed E-state index contributed by atoms with van der Waals surface area (Å²) in [7, 11) is -3.50. The van der Waals surface area contributed by atoms with Crippen molar-refractivity contribution in [2.24, 2.45) is 0 Å². The Labute approximate surface area is 178 Å². The highest BCUT2D eigenvalue weighted by Gasteiger charge is 2.28. The van der Waals surface area contributed by atoms with E-state index in [1.165, 1.54) is 4.31 Å². The third kappa shape index (κ3) is 5.47. The number of aromatic nitrogens is 1. The zero-order chi connectivity index (χ0) is 21.7. The Balaban J connectivity index is 1.48. The van der Waals surface area contributed by atoms with E-state index in [-0.39, 0.29) is 5.91 Å². The van der Waals surface area contributed by atoms with Crippen LogP contribution in [0, 0.1) is 6.92 Å². The van der Waals surface area contributed by atoms with Gasteiger partial charge in [-0.2, -0.15) is 4.31 Å². The average Bonchev–Trinajstić information content (AvgIpc) is 3.16. The number of amides is 1. The smallest absolute Gasteiger partial charge is 0.243 e. The van der Waals surface area contributed by atoms with E-state index in [4.69, 9.17) is 4.52 Å². The third-order valence-corrected chi connectivity index (χ3v) is 7.49. The molecule has 1 N–H and O–H groups in total. The molecule has 0 bridgehead atoms. The van der Waals surface area contributed by atoms with Crippen LogP contribution in [0.25, 0.3) is 0 Å². The first kappa shape index (κ1) is 22.5. The molecule has 164 valence electrons. The van der Waals surface area contributed by atoms with Crippen molar-refractivity contribution >= 4 is 21.7 Å². The number of rotatable bonds is 8. The molecule has 1 atom stereocenters. The molecule has 8 nitrogen and oxygen atoms in total. The highest BCUT2D eigenvalue weighted by molar-refractivity contribution is 7.89. The zero-order valence-corrected chi connectivity index (χ0v) is 18.6. The Kier molecular flexibility index (Phi) is 7.27. The molecule has 2 heterocycles. The van der Waals surface area contributed by atoms with Crippen molar-refractivity contribution in [2.45, 2.75) is 44.4 Å². The van der Waals surface area contributed by atoms with Crippen LogP contribution in [0.2, 0.25) is 0 Å². The van der Waals surface area contributed by atoms with Gasteiger partial charge in [0.1, 0.15) is 5.76 Å². The number of nitrogens with one attached hydrogen (secondary N) is 1. The first-order valence-corrected chi connectivity index (χ1v) is 11.8. The SMILES string of the molecule is CCC(C)c1ccc(S(=O)(=O)N2CCN(CCC(=O)Nc3cc(C)on3)CC2)cc1. The van der Waals surface area contributed by atoms with Crippen LogP contribution in [-0.2, 0) is 14.8 Å². The largest absolute Gasteiger partial charge is 0.360 e. The van der Waals surface area contributed by atoms with Gasteiger partial charge in [-0.15, -0.1) is 0 Å². The molecule has 0 radical (unpaired) electrons. The first-order chi connectivity index (χ1) is 14.3. The standard InChI is InChI=1S/C21H30N4O4S/c1-4-16(2)18-5-7-19(8-6-18)30(27,28)25-13-11-24(12-14-25)10-9-21(26)22-20-15-17(3)29-23-20/h5-8,15-16H,4,9-14H2,1-3H3,(H,22,23,26). The quantitative estimate of drug-likeness (QED) is 0.686. The molecule has 1 aliphatic rings. The Morgan fingerprint density at radius 2 is 1.87 bits per heavy atom. The lowest BCUT2D eigenvalue weighted by Crippen LogP contribution is -2.49. The minimum absolute atomic E-state index is 0.139. The Bertz CT molecular complexity index is 948. The van der Waals surface area contributed by atoms with E-state index >= 15 is 0 Å². The van der Waals surface area contributed by atoms with E-state index in [0.29, 0.717) is 61.5 Å². The highest BCUT2D eigenvalue weighted by Crippen LogP contribution is 2.23. The fraction of sp³-hybridized carbons (Fsp3) is 0.524. The minimum atomic E-state index is -3.50. The summed E-state index contributed by atoms with van der Waals surface area (Å²) in [6.07, 6.45) is 1.33. The zero-order valence-electron chi connectivity index (χ0n) is 17.8. The van der Waals surface area contributed by atoms with Crippen molar-refractivity contribution in [1.82, 2.24) is 14.4 Å². The molecule has 1 aromatic carbocycles. The molecule has 1 aliphatic heterocycles. The van der Waals surface area contributed by atoms with Crippen molar-refractivity contribution in [3.05, 3.63) is 41.7 Å². The summed E-state index contributed by atoms with van der Waals surface area (Å²) in [5, 5.41) is 6.44. The maximum Gasteiger partial charge on any atom is 0.243 e. The molecule has 1 saturated heterocycles. The number of piperazine rings is 1. The average molecular weight is 435 g/mol. The number of benzene rings is 1. The van der Waals surface area contributed by atoms with Gasteiger partial charge in [-0.1, -0.05) is 31.1 Å². The van der Waals surface area contributed by atoms with Gasteiger partial charge < -0.3 is 14.7 Å². The van der Waals surface area contributed by atoms with Crippen LogP contribution in [-0.4, -0.2) is 61.4 Å². The lowest BCUT2D eigenvalue weighted by atomic mass is 9.99. The summed E-state index contributed by atoms with van der Waals surface area (Å²) in [6.45, 7) is 8.61. The third-order valence-electron chi connectivity index (χ3n) is 5.58. The van der Waals surface area contributed by atoms with Crippen LogP contribution in [0.4, 0.5) is 5.82 Å². The molecule has 0 saturated carbocycles. The summed E-state index contributed by atoms with van der Waals surface area (Å²) in [5.41, 5.74) is 1.15. The van der Waals surface area contributed by atoms with Gasteiger partial charge in [-0.05, 0) is 37.0 Å². The lowest BCUT2D eigenvalue weighted by Gasteiger charge is -2.33. The van der Waals surface area contributed by atoms with Gasteiger partial charge in [0, 0.05) is 45.2 Å². The van der Waals surface area contributed by atoms with Crippen LogP contribution in [0.1, 0.15) is 43.9 Å². The van der Waals surface area contributed by atoms with Crippen molar-refractivity contribution < 1.29 is 17.7 Å². The van der Waals surface area contributed by atoms with Crippen molar-refractivity contribution in [3.63, 3.8) is 0 Å². The number of carbonyl (C=O) groups is 1. The van der Waals surface area contributed by atoms with Gasteiger partial charge >= 0.3 is 0 Å². The van der Waals surface area contributed by atoms with Crippen molar-refractivity contribution in [3.8, 4) is 0 Å². The Morgan fingerprint density at radius 3 is 2.43 bits per heavy atom. The molecular formula is C21H30N4O4S. The van der Waals surface area contributed by atoms with E-state index < -0.39 is 10.0 Å². The molecule has 0 spiro atoms. The van der Waals surface area contributed by atoms with Crippen molar-refractivity contribution in [1.29, 1.82) is 0 Å². The predicted octanol–water partition coefficient (Wildman–Crippen LogP) is 2.83. The van der Waals surface area contributed by atoms with Gasteiger partial charge in [0.05, 0.1) is 4.90 Å². The van der Waals surface area contributed by atoms with E-state index in [1.807, 2.05) is 12.1 Å². The lowest BCUT2D eigenvalue weighted by molar-refractivity contribution is -0.116. The number of nitrogens with zero attached hydrogens (tertiary/aromatic N) is 3. The number of hydrogen-bond donors (Lipinski definition) is 1. The van der Waals surface area contributed by atoms with E-state index in [0.717, 1.165) is 12.0 Å². The van der Waals surface area contributed by atoms with Crippen molar-refractivity contribution in [2.75, 3.05) is 38.0 Å². The van der Waals surface area contributed by atoms with E-state index in [1.54, 1.807) is 25.1 Å². The van der Waals surface area contributed by atoms with Crippen LogP contribution in [0.5, 0.6) is 0 Å². The highest BCUT2D eigenvalue weighted by atomic mass is 32.2. The van der Waals surface area contributed by atoms with Gasteiger partial charge in [-0.25, -0.2) is 8.42 Å². The monoisotopic (exact) mass is 434 g/mol. The minimum Gasteiger partial charge on any atom is -0.360 e. The fourth-order valence-corrected chi connectivity index (χ4v) is 4.86. The molecule has 2 aromatic rings. The van der Waals surface area contributed by atoms with E-state index in [9.17, 15) is 13.2 Å². The molecule has 30 heavy (non-hydrogen) atoms. The van der Waals surface area contributed by atoms with Gasteiger partial charge in [0.15, 0.2) is 5.82 Å².